The molecule has 1 heterocycles. The number of anilines is 1. The predicted molar refractivity (Wildman–Crippen MR) is 92.0 cm³/mol. The number of nitrogens with one attached hydrogen (secondary N) is 1. The van der Waals surface area contributed by atoms with Gasteiger partial charge in [-0.2, -0.15) is 13.2 Å². The lowest BCUT2D eigenvalue weighted by atomic mass is 10.1. The van der Waals surface area contributed by atoms with E-state index in [1.165, 1.54) is 17.0 Å². The van der Waals surface area contributed by atoms with Crippen molar-refractivity contribution < 1.29 is 18.0 Å². The van der Waals surface area contributed by atoms with E-state index < -0.39 is 17.8 Å². The lowest BCUT2D eigenvalue weighted by molar-refractivity contribution is -0.136. The molecular weight excluding hydrogens is 357 g/mol. The number of carbonyl (C=O) groups is 1. The molecule has 5 nitrogen and oxygen atoms in total. The summed E-state index contributed by atoms with van der Waals surface area (Å²) in [6.45, 7) is 4.19. The molecule has 1 aliphatic rings. The maximum absolute atomic E-state index is 13.1. The first-order valence-corrected chi connectivity index (χ1v) is 8.34. The fraction of sp³-hybridized carbons (Fsp3) is 0.562. The maximum atomic E-state index is 13.1. The Morgan fingerprint density at radius 1 is 1.24 bits per heavy atom. The second-order valence-electron chi connectivity index (χ2n) is 6.25. The number of benzene rings is 1. The minimum atomic E-state index is -4.58. The second kappa shape index (κ2) is 8.25. The van der Waals surface area contributed by atoms with Gasteiger partial charge in [0.15, 0.2) is 0 Å². The number of urea groups is 1. The fourth-order valence-corrected chi connectivity index (χ4v) is 2.74. The van der Waals surface area contributed by atoms with Gasteiger partial charge in [-0.05, 0) is 32.3 Å². The van der Waals surface area contributed by atoms with Crippen LogP contribution in [0.3, 0.4) is 0 Å². The lowest BCUT2D eigenvalue weighted by Gasteiger charge is -2.35. The number of likely N-dealkylation sites (N-methyl/N-ethyl adjacent to an activating group) is 1. The molecule has 0 radical (unpaired) electrons. The Morgan fingerprint density at radius 3 is 2.44 bits per heavy atom. The van der Waals surface area contributed by atoms with Crippen LogP contribution in [0.2, 0.25) is 5.02 Å². The van der Waals surface area contributed by atoms with E-state index in [0.717, 1.165) is 19.2 Å². The number of carbonyl (C=O) groups excluding carboxylic acids is 1. The number of alkyl halides is 3. The number of piperazine rings is 1. The van der Waals surface area contributed by atoms with E-state index in [1.54, 1.807) is 0 Å². The van der Waals surface area contributed by atoms with Crippen LogP contribution in [0.4, 0.5) is 23.7 Å². The van der Waals surface area contributed by atoms with Gasteiger partial charge in [0.25, 0.3) is 0 Å². The summed E-state index contributed by atoms with van der Waals surface area (Å²) in [5.41, 5.74) is -1.23. The van der Waals surface area contributed by atoms with Gasteiger partial charge in [0.2, 0.25) is 0 Å². The van der Waals surface area contributed by atoms with E-state index in [9.17, 15) is 18.0 Å². The van der Waals surface area contributed by atoms with Crippen molar-refractivity contribution in [3.63, 3.8) is 0 Å². The SMILES string of the molecule is CN(C)CCN1CCN(C(=O)Nc2ccc(Cl)cc2C(F)(F)F)CC1. The zero-order chi connectivity index (χ0) is 18.6. The van der Waals surface area contributed by atoms with Crippen molar-refractivity contribution in [1.29, 1.82) is 0 Å². The Bertz CT molecular complexity index is 602. The minimum Gasteiger partial charge on any atom is -0.322 e. The van der Waals surface area contributed by atoms with Crippen LogP contribution in [-0.4, -0.2) is 74.1 Å². The Labute approximate surface area is 150 Å². The van der Waals surface area contributed by atoms with Crippen LogP contribution in [0.5, 0.6) is 0 Å². The van der Waals surface area contributed by atoms with Gasteiger partial charge in [0.1, 0.15) is 0 Å². The lowest BCUT2D eigenvalue weighted by Crippen LogP contribution is -2.51. The van der Waals surface area contributed by atoms with E-state index in [4.69, 9.17) is 11.6 Å². The standard InChI is InChI=1S/C16H22ClF3N4O/c1-22(2)5-6-23-7-9-24(10-8-23)15(25)21-14-4-3-12(17)11-13(14)16(18,19)20/h3-4,11H,5-10H2,1-2H3,(H,21,25). The summed E-state index contributed by atoms with van der Waals surface area (Å²) in [6.07, 6.45) is -4.58. The molecule has 2 amide bonds. The maximum Gasteiger partial charge on any atom is 0.418 e. The van der Waals surface area contributed by atoms with Crippen LogP contribution in [0.1, 0.15) is 5.56 Å². The first-order valence-electron chi connectivity index (χ1n) is 7.96. The van der Waals surface area contributed by atoms with Crippen molar-refractivity contribution in [2.75, 3.05) is 58.7 Å². The average molecular weight is 379 g/mol. The molecule has 0 atom stereocenters. The molecular formula is C16H22ClF3N4O. The third-order valence-corrected chi connectivity index (χ3v) is 4.29. The molecule has 2 rings (SSSR count). The zero-order valence-electron chi connectivity index (χ0n) is 14.2. The molecule has 0 saturated carbocycles. The van der Waals surface area contributed by atoms with Gasteiger partial charge in [-0.3, -0.25) is 4.90 Å². The molecule has 1 aromatic rings. The zero-order valence-corrected chi connectivity index (χ0v) is 15.0. The van der Waals surface area contributed by atoms with Crippen molar-refractivity contribution in [3.8, 4) is 0 Å². The Kier molecular flexibility index (Phi) is 6.53. The summed E-state index contributed by atoms with van der Waals surface area (Å²) in [5.74, 6) is 0. The quantitative estimate of drug-likeness (QED) is 0.875. The molecule has 0 aromatic heterocycles. The molecule has 1 aromatic carbocycles. The first-order chi connectivity index (χ1) is 11.7. The van der Waals surface area contributed by atoms with E-state index in [0.29, 0.717) is 26.2 Å². The number of nitrogens with zero attached hydrogens (tertiary/aromatic N) is 3. The summed E-state index contributed by atoms with van der Waals surface area (Å²) < 4.78 is 39.3. The highest BCUT2D eigenvalue weighted by atomic mass is 35.5. The van der Waals surface area contributed by atoms with Gasteiger partial charge in [-0.25, -0.2) is 4.79 Å². The topological polar surface area (TPSA) is 38.8 Å². The van der Waals surface area contributed by atoms with Crippen LogP contribution in [0, 0.1) is 0 Å². The third-order valence-electron chi connectivity index (χ3n) is 4.05. The number of amides is 2. The molecule has 25 heavy (non-hydrogen) atoms. The number of hydrogen-bond acceptors (Lipinski definition) is 3. The highest BCUT2D eigenvalue weighted by molar-refractivity contribution is 6.30. The van der Waals surface area contributed by atoms with Crippen LogP contribution >= 0.6 is 11.6 Å². The summed E-state index contributed by atoms with van der Waals surface area (Å²) in [6, 6.07) is 2.79. The molecule has 1 N–H and O–H groups in total. The van der Waals surface area contributed by atoms with E-state index in [2.05, 4.69) is 15.1 Å². The van der Waals surface area contributed by atoms with Gasteiger partial charge >= 0.3 is 12.2 Å². The van der Waals surface area contributed by atoms with Crippen LogP contribution in [0.25, 0.3) is 0 Å². The Balaban J connectivity index is 1.95. The minimum absolute atomic E-state index is 0.0279. The first kappa shape index (κ1) is 19.8. The largest absolute Gasteiger partial charge is 0.418 e. The second-order valence-corrected chi connectivity index (χ2v) is 6.69. The van der Waals surface area contributed by atoms with E-state index in [1.807, 2.05) is 14.1 Å². The monoisotopic (exact) mass is 378 g/mol. The highest BCUT2D eigenvalue weighted by Crippen LogP contribution is 2.36. The Morgan fingerprint density at radius 2 is 1.88 bits per heavy atom. The van der Waals surface area contributed by atoms with Crippen LogP contribution in [0.15, 0.2) is 18.2 Å². The summed E-state index contributed by atoms with van der Waals surface area (Å²) in [4.78, 5) is 18.1. The van der Waals surface area contributed by atoms with Crippen molar-refractivity contribution in [2.45, 2.75) is 6.18 Å². The number of halogens is 4. The fourth-order valence-electron chi connectivity index (χ4n) is 2.57. The molecule has 0 unspecified atom stereocenters. The van der Waals surface area contributed by atoms with Gasteiger partial charge in [0.05, 0.1) is 11.3 Å². The molecule has 1 saturated heterocycles. The number of hydrogen-bond donors (Lipinski definition) is 1. The van der Waals surface area contributed by atoms with Crippen LogP contribution < -0.4 is 5.32 Å². The molecule has 0 bridgehead atoms. The van der Waals surface area contributed by atoms with E-state index >= 15 is 0 Å². The number of rotatable bonds is 4. The summed E-state index contributed by atoms with van der Waals surface area (Å²) in [7, 11) is 3.99. The van der Waals surface area contributed by atoms with Crippen molar-refractivity contribution in [2.24, 2.45) is 0 Å². The van der Waals surface area contributed by atoms with Gasteiger partial charge < -0.3 is 15.1 Å². The summed E-state index contributed by atoms with van der Waals surface area (Å²) in [5, 5.41) is 2.33. The highest BCUT2D eigenvalue weighted by Gasteiger charge is 2.34. The van der Waals surface area contributed by atoms with Gasteiger partial charge in [-0.15, -0.1) is 0 Å². The molecule has 140 valence electrons. The Hall–Kier alpha value is -1.51. The average Bonchev–Trinajstić information content (AvgIpc) is 2.54. The van der Waals surface area contributed by atoms with Crippen LogP contribution in [-0.2, 0) is 6.18 Å². The predicted octanol–water partition coefficient (Wildman–Crippen LogP) is 3.07. The smallest absolute Gasteiger partial charge is 0.322 e. The van der Waals surface area contributed by atoms with Crippen molar-refractivity contribution in [3.05, 3.63) is 28.8 Å². The van der Waals surface area contributed by atoms with Crippen molar-refractivity contribution in [1.82, 2.24) is 14.7 Å². The van der Waals surface area contributed by atoms with Gasteiger partial charge in [0, 0.05) is 44.3 Å². The third kappa shape index (κ3) is 5.76. The van der Waals surface area contributed by atoms with Crippen molar-refractivity contribution >= 4 is 23.3 Å². The van der Waals surface area contributed by atoms with E-state index in [-0.39, 0.29) is 10.7 Å². The van der Waals surface area contributed by atoms with Gasteiger partial charge in [-0.1, -0.05) is 11.6 Å². The molecule has 0 aliphatic carbocycles. The summed E-state index contributed by atoms with van der Waals surface area (Å²) >= 11 is 5.64. The molecule has 1 fully saturated rings. The molecule has 0 spiro atoms. The normalized spacial score (nSPS) is 16.4. The molecule has 1 aliphatic heterocycles. The molecule has 9 heteroatoms.